The van der Waals surface area contributed by atoms with Gasteiger partial charge in [0.25, 0.3) is 5.91 Å². The molecular weight excluding hydrogens is 342 g/mol. The predicted molar refractivity (Wildman–Crippen MR) is 103 cm³/mol. The lowest BCUT2D eigenvalue weighted by Gasteiger charge is -2.17. The zero-order valence-corrected chi connectivity index (χ0v) is 15.6. The van der Waals surface area contributed by atoms with Gasteiger partial charge in [0.05, 0.1) is 25.5 Å². The second kappa shape index (κ2) is 7.40. The van der Waals surface area contributed by atoms with Crippen molar-refractivity contribution in [1.29, 1.82) is 0 Å². The van der Waals surface area contributed by atoms with Gasteiger partial charge in [0.2, 0.25) is 0 Å². The second-order valence-corrected chi connectivity index (χ2v) is 6.58. The van der Waals surface area contributed by atoms with Crippen molar-refractivity contribution in [3.63, 3.8) is 0 Å². The molecule has 140 valence electrons. The third-order valence-corrected chi connectivity index (χ3v) is 4.76. The molecule has 27 heavy (non-hydrogen) atoms. The van der Waals surface area contributed by atoms with E-state index < -0.39 is 0 Å². The number of amides is 1. The number of aryl methyl sites for hydroxylation is 1. The van der Waals surface area contributed by atoms with Gasteiger partial charge in [0.15, 0.2) is 0 Å². The van der Waals surface area contributed by atoms with E-state index in [9.17, 15) is 4.79 Å². The quantitative estimate of drug-likeness (QED) is 0.750. The molecule has 0 atom stereocenters. The van der Waals surface area contributed by atoms with E-state index in [-0.39, 0.29) is 5.91 Å². The van der Waals surface area contributed by atoms with E-state index in [0.717, 1.165) is 29.7 Å². The van der Waals surface area contributed by atoms with Crippen LogP contribution in [-0.2, 0) is 24.2 Å². The molecule has 6 heteroatoms. The Balaban J connectivity index is 1.65. The SMILES string of the molecule is CCOc1cc2nc(CC)cn2cc1NC(=O)c1ccc2c(c1)CCOC2. The summed E-state index contributed by atoms with van der Waals surface area (Å²) in [6.07, 6.45) is 5.52. The summed E-state index contributed by atoms with van der Waals surface area (Å²) in [5, 5.41) is 2.99. The molecule has 1 aliphatic heterocycles. The van der Waals surface area contributed by atoms with E-state index in [1.807, 2.05) is 48.0 Å². The fourth-order valence-corrected chi connectivity index (χ4v) is 3.31. The summed E-state index contributed by atoms with van der Waals surface area (Å²) in [5.41, 5.74) is 5.41. The number of nitrogens with zero attached hydrogens (tertiary/aromatic N) is 2. The third kappa shape index (κ3) is 3.53. The van der Waals surface area contributed by atoms with Crippen LogP contribution in [0.5, 0.6) is 5.75 Å². The highest BCUT2D eigenvalue weighted by Gasteiger charge is 2.16. The molecule has 0 saturated carbocycles. The van der Waals surface area contributed by atoms with Gasteiger partial charge in [-0.3, -0.25) is 4.79 Å². The minimum atomic E-state index is -0.152. The highest BCUT2D eigenvalue weighted by atomic mass is 16.5. The van der Waals surface area contributed by atoms with Crippen molar-refractivity contribution in [3.05, 3.63) is 59.0 Å². The van der Waals surface area contributed by atoms with Crippen LogP contribution in [-0.4, -0.2) is 28.5 Å². The molecule has 1 N–H and O–H groups in total. The van der Waals surface area contributed by atoms with Gasteiger partial charge in [0.1, 0.15) is 17.1 Å². The number of carbonyl (C=O) groups excluding carboxylic acids is 1. The zero-order chi connectivity index (χ0) is 18.8. The van der Waals surface area contributed by atoms with Crippen molar-refractivity contribution >= 4 is 17.2 Å². The maximum absolute atomic E-state index is 12.8. The first-order valence-electron chi connectivity index (χ1n) is 9.33. The van der Waals surface area contributed by atoms with E-state index in [2.05, 4.69) is 17.2 Å². The average Bonchev–Trinajstić information content (AvgIpc) is 3.10. The molecule has 1 amide bonds. The molecule has 3 heterocycles. The van der Waals surface area contributed by atoms with Crippen LogP contribution in [0.4, 0.5) is 5.69 Å². The van der Waals surface area contributed by atoms with Gasteiger partial charge in [-0.25, -0.2) is 4.98 Å². The van der Waals surface area contributed by atoms with Gasteiger partial charge in [-0.15, -0.1) is 0 Å². The Labute approximate surface area is 158 Å². The first-order chi connectivity index (χ1) is 13.2. The molecule has 0 fully saturated rings. The Hall–Kier alpha value is -2.86. The van der Waals surface area contributed by atoms with Crippen LogP contribution < -0.4 is 10.1 Å². The molecule has 2 aromatic heterocycles. The number of imidazole rings is 1. The topological polar surface area (TPSA) is 64.9 Å². The lowest BCUT2D eigenvalue weighted by atomic mass is 10.00. The number of pyridine rings is 1. The monoisotopic (exact) mass is 365 g/mol. The molecule has 0 bridgehead atoms. The Bertz CT molecular complexity index is 994. The van der Waals surface area contributed by atoms with Gasteiger partial charge in [-0.2, -0.15) is 0 Å². The molecule has 0 aliphatic carbocycles. The number of hydrogen-bond acceptors (Lipinski definition) is 4. The molecule has 6 nitrogen and oxygen atoms in total. The van der Waals surface area contributed by atoms with Crippen LogP contribution in [0, 0.1) is 0 Å². The molecule has 1 aliphatic rings. The number of ether oxygens (including phenoxy) is 2. The Morgan fingerprint density at radius 2 is 2.15 bits per heavy atom. The van der Waals surface area contributed by atoms with E-state index in [0.29, 0.717) is 36.8 Å². The maximum atomic E-state index is 12.8. The standard InChI is InChI=1S/C21H23N3O3/c1-3-17-11-24-12-18(19(27-4-2)10-20(24)22-17)23-21(25)15-5-6-16-13-26-8-7-14(16)9-15/h5-6,9-12H,3-4,7-8,13H2,1-2H3,(H,23,25). The normalized spacial score (nSPS) is 13.4. The van der Waals surface area contributed by atoms with Crippen LogP contribution in [0.1, 0.15) is 41.0 Å². The summed E-state index contributed by atoms with van der Waals surface area (Å²) in [5.74, 6) is 0.471. The highest BCUT2D eigenvalue weighted by Crippen LogP contribution is 2.27. The van der Waals surface area contributed by atoms with E-state index in [1.54, 1.807) is 0 Å². The molecule has 0 unspecified atom stereocenters. The molecule has 0 saturated heterocycles. The summed E-state index contributed by atoms with van der Waals surface area (Å²) >= 11 is 0. The number of rotatable bonds is 5. The van der Waals surface area contributed by atoms with Gasteiger partial charge < -0.3 is 19.2 Å². The predicted octanol–water partition coefficient (Wildman–Crippen LogP) is 3.62. The van der Waals surface area contributed by atoms with Crippen molar-refractivity contribution in [1.82, 2.24) is 9.38 Å². The van der Waals surface area contributed by atoms with Crippen LogP contribution in [0.15, 0.2) is 36.7 Å². The van der Waals surface area contributed by atoms with Crippen molar-refractivity contribution in [3.8, 4) is 5.75 Å². The van der Waals surface area contributed by atoms with Crippen LogP contribution >= 0.6 is 0 Å². The number of carbonyl (C=O) groups is 1. The van der Waals surface area contributed by atoms with Crippen LogP contribution in [0.25, 0.3) is 5.65 Å². The molecule has 4 rings (SSSR count). The number of benzene rings is 1. The highest BCUT2D eigenvalue weighted by molar-refractivity contribution is 6.05. The molecule has 1 aromatic carbocycles. The van der Waals surface area contributed by atoms with Gasteiger partial charge in [-0.1, -0.05) is 13.0 Å². The average molecular weight is 365 g/mol. The molecule has 0 radical (unpaired) electrons. The van der Waals surface area contributed by atoms with Gasteiger partial charge >= 0.3 is 0 Å². The number of fused-ring (bicyclic) bond motifs is 2. The zero-order valence-electron chi connectivity index (χ0n) is 15.6. The Kier molecular flexibility index (Phi) is 4.81. The summed E-state index contributed by atoms with van der Waals surface area (Å²) in [6, 6.07) is 7.63. The van der Waals surface area contributed by atoms with Crippen molar-refractivity contribution in [2.24, 2.45) is 0 Å². The number of aromatic nitrogens is 2. The van der Waals surface area contributed by atoms with Crippen LogP contribution in [0.2, 0.25) is 0 Å². The third-order valence-electron chi connectivity index (χ3n) is 4.76. The van der Waals surface area contributed by atoms with E-state index >= 15 is 0 Å². The summed E-state index contributed by atoms with van der Waals surface area (Å²) < 4.78 is 13.1. The van der Waals surface area contributed by atoms with Crippen molar-refractivity contribution in [2.45, 2.75) is 33.3 Å². The summed E-state index contributed by atoms with van der Waals surface area (Å²) in [6.45, 7) is 5.81. The van der Waals surface area contributed by atoms with Gasteiger partial charge in [-0.05, 0) is 43.0 Å². The lowest BCUT2D eigenvalue weighted by Crippen LogP contribution is -2.16. The second-order valence-electron chi connectivity index (χ2n) is 6.58. The first-order valence-corrected chi connectivity index (χ1v) is 9.33. The fraction of sp³-hybridized carbons (Fsp3) is 0.333. The lowest BCUT2D eigenvalue weighted by molar-refractivity contribution is 0.102. The minimum Gasteiger partial charge on any atom is -0.491 e. The Morgan fingerprint density at radius 1 is 1.26 bits per heavy atom. The number of anilines is 1. The fourth-order valence-electron chi connectivity index (χ4n) is 3.31. The molecule has 0 spiro atoms. The summed E-state index contributed by atoms with van der Waals surface area (Å²) in [4.78, 5) is 17.4. The maximum Gasteiger partial charge on any atom is 0.255 e. The Morgan fingerprint density at radius 3 is 2.96 bits per heavy atom. The van der Waals surface area contributed by atoms with Crippen molar-refractivity contribution in [2.75, 3.05) is 18.5 Å². The van der Waals surface area contributed by atoms with E-state index in [4.69, 9.17) is 9.47 Å². The summed E-state index contributed by atoms with van der Waals surface area (Å²) in [7, 11) is 0. The van der Waals surface area contributed by atoms with Gasteiger partial charge in [0, 0.05) is 24.0 Å². The largest absolute Gasteiger partial charge is 0.491 e. The molecule has 3 aromatic rings. The molecular formula is C21H23N3O3. The smallest absolute Gasteiger partial charge is 0.255 e. The number of hydrogen-bond donors (Lipinski definition) is 1. The first kappa shape index (κ1) is 17.5. The van der Waals surface area contributed by atoms with Crippen LogP contribution in [0.3, 0.4) is 0 Å². The van der Waals surface area contributed by atoms with E-state index in [1.165, 1.54) is 5.56 Å². The van der Waals surface area contributed by atoms with Crippen molar-refractivity contribution < 1.29 is 14.3 Å². The minimum absolute atomic E-state index is 0.152. The number of nitrogens with one attached hydrogen (secondary N) is 1.